The summed E-state index contributed by atoms with van der Waals surface area (Å²) in [5, 5.41) is 12.1. The minimum Gasteiger partial charge on any atom is -0.382 e. The molecule has 168 valence electrons. The standard InChI is InChI=1S/C25H23N9/c1-14(2)29-18-8-17(10-26-11-18)16-4-5-20-19(9-16)22(33-32-20)25-30-23-21(6-7-27-24(23)31-25)34-12-15(3)28-13-34/h4-14,29H,1-3H3,(H,32,33)(H,27,30,31). The lowest BCUT2D eigenvalue weighted by Gasteiger charge is -2.11. The third-order valence-electron chi connectivity index (χ3n) is 5.67. The number of fused-ring (bicyclic) bond motifs is 2. The summed E-state index contributed by atoms with van der Waals surface area (Å²) >= 11 is 0. The topological polar surface area (TPSA) is 113 Å². The van der Waals surface area contributed by atoms with Gasteiger partial charge in [0.2, 0.25) is 0 Å². The van der Waals surface area contributed by atoms with Gasteiger partial charge < -0.3 is 14.9 Å². The molecule has 9 heteroatoms. The zero-order valence-electron chi connectivity index (χ0n) is 19.0. The van der Waals surface area contributed by atoms with Crippen molar-refractivity contribution in [2.45, 2.75) is 26.8 Å². The molecule has 6 rings (SSSR count). The number of H-pyrrole nitrogens is 2. The van der Waals surface area contributed by atoms with Crippen LogP contribution in [0.15, 0.2) is 61.4 Å². The van der Waals surface area contributed by atoms with Gasteiger partial charge in [0.1, 0.15) is 11.2 Å². The van der Waals surface area contributed by atoms with Gasteiger partial charge in [-0.05, 0) is 50.6 Å². The number of aromatic amines is 2. The summed E-state index contributed by atoms with van der Waals surface area (Å²) in [6, 6.07) is 10.6. The van der Waals surface area contributed by atoms with Crippen molar-refractivity contribution in [3.05, 3.63) is 67.1 Å². The SMILES string of the molecule is Cc1cn(-c2ccnc3nc(-c4n[nH]c5ccc(-c6cncc(NC(C)C)c6)cc45)[nH]c23)cn1. The van der Waals surface area contributed by atoms with E-state index in [0.29, 0.717) is 17.5 Å². The Bertz CT molecular complexity index is 1640. The highest BCUT2D eigenvalue weighted by Crippen LogP contribution is 2.31. The zero-order valence-corrected chi connectivity index (χ0v) is 19.0. The zero-order chi connectivity index (χ0) is 23.2. The fourth-order valence-electron chi connectivity index (χ4n) is 4.16. The first-order chi connectivity index (χ1) is 16.5. The van der Waals surface area contributed by atoms with E-state index in [-0.39, 0.29) is 0 Å². The molecule has 0 radical (unpaired) electrons. The monoisotopic (exact) mass is 449 g/mol. The molecular formula is C25H23N9. The summed E-state index contributed by atoms with van der Waals surface area (Å²) in [6.45, 7) is 6.18. The molecule has 0 fully saturated rings. The van der Waals surface area contributed by atoms with E-state index in [0.717, 1.165) is 50.3 Å². The van der Waals surface area contributed by atoms with E-state index in [1.807, 2.05) is 42.2 Å². The molecule has 0 atom stereocenters. The lowest BCUT2D eigenvalue weighted by molar-refractivity contribution is 0.898. The third kappa shape index (κ3) is 3.47. The molecule has 3 N–H and O–H groups in total. The molecule has 0 aliphatic rings. The maximum absolute atomic E-state index is 4.74. The molecule has 0 aliphatic heterocycles. The second kappa shape index (κ2) is 7.80. The summed E-state index contributed by atoms with van der Waals surface area (Å²) < 4.78 is 1.97. The van der Waals surface area contributed by atoms with Crippen molar-refractivity contribution in [1.82, 2.24) is 39.7 Å². The van der Waals surface area contributed by atoms with Gasteiger partial charge in [-0.25, -0.2) is 15.0 Å². The predicted octanol–water partition coefficient (Wildman–Crippen LogP) is 4.88. The third-order valence-corrected chi connectivity index (χ3v) is 5.67. The van der Waals surface area contributed by atoms with E-state index in [1.165, 1.54) is 0 Å². The number of nitrogens with one attached hydrogen (secondary N) is 3. The molecule has 0 saturated heterocycles. The average Bonchev–Trinajstić information content (AvgIpc) is 3.55. The number of nitrogens with zero attached hydrogens (tertiary/aromatic N) is 6. The number of pyridine rings is 2. The number of anilines is 1. The minimum atomic E-state index is 0.331. The van der Waals surface area contributed by atoms with Gasteiger partial charge in [0.15, 0.2) is 11.5 Å². The average molecular weight is 450 g/mol. The quantitative estimate of drug-likeness (QED) is 0.346. The molecule has 0 saturated carbocycles. The molecule has 9 nitrogen and oxygen atoms in total. The van der Waals surface area contributed by atoms with E-state index in [9.17, 15) is 0 Å². The Morgan fingerprint density at radius 1 is 1.03 bits per heavy atom. The first kappa shape index (κ1) is 20.1. The fraction of sp³-hybridized carbons (Fsp3) is 0.160. The van der Waals surface area contributed by atoms with Crippen LogP contribution in [0.5, 0.6) is 0 Å². The molecule has 0 aliphatic carbocycles. The summed E-state index contributed by atoms with van der Waals surface area (Å²) in [5.41, 5.74) is 8.09. The van der Waals surface area contributed by atoms with Gasteiger partial charge in [-0.3, -0.25) is 10.1 Å². The first-order valence-corrected chi connectivity index (χ1v) is 11.1. The Morgan fingerprint density at radius 3 is 2.76 bits per heavy atom. The smallest absolute Gasteiger partial charge is 0.180 e. The van der Waals surface area contributed by atoms with Crippen molar-refractivity contribution in [3.63, 3.8) is 0 Å². The van der Waals surface area contributed by atoms with Gasteiger partial charge in [0, 0.05) is 41.8 Å². The molecule has 0 spiro atoms. The second-order valence-electron chi connectivity index (χ2n) is 8.63. The molecular weight excluding hydrogens is 426 g/mol. The van der Waals surface area contributed by atoms with E-state index in [4.69, 9.17) is 4.98 Å². The maximum Gasteiger partial charge on any atom is 0.180 e. The molecule has 0 bridgehead atoms. The van der Waals surface area contributed by atoms with E-state index in [2.05, 4.69) is 67.5 Å². The highest BCUT2D eigenvalue weighted by Gasteiger charge is 2.16. The van der Waals surface area contributed by atoms with E-state index in [1.54, 1.807) is 12.5 Å². The van der Waals surface area contributed by atoms with E-state index < -0.39 is 0 Å². The summed E-state index contributed by atoms with van der Waals surface area (Å²) in [7, 11) is 0. The van der Waals surface area contributed by atoms with Gasteiger partial charge in [-0.15, -0.1) is 0 Å². The Kier molecular flexibility index (Phi) is 4.61. The van der Waals surface area contributed by atoms with Crippen molar-refractivity contribution < 1.29 is 0 Å². The van der Waals surface area contributed by atoms with Crippen LogP contribution in [-0.4, -0.2) is 45.7 Å². The van der Waals surface area contributed by atoms with Gasteiger partial charge >= 0.3 is 0 Å². The minimum absolute atomic E-state index is 0.331. The van der Waals surface area contributed by atoms with Crippen molar-refractivity contribution in [1.29, 1.82) is 0 Å². The Hall–Kier alpha value is -4.53. The van der Waals surface area contributed by atoms with Crippen LogP contribution in [-0.2, 0) is 0 Å². The second-order valence-corrected chi connectivity index (χ2v) is 8.63. The number of hydrogen-bond donors (Lipinski definition) is 3. The van der Waals surface area contributed by atoms with Gasteiger partial charge in [-0.2, -0.15) is 5.10 Å². The predicted molar refractivity (Wildman–Crippen MR) is 133 cm³/mol. The Morgan fingerprint density at radius 2 is 1.94 bits per heavy atom. The fourth-order valence-corrected chi connectivity index (χ4v) is 4.16. The van der Waals surface area contributed by atoms with Crippen LogP contribution >= 0.6 is 0 Å². The highest BCUT2D eigenvalue weighted by molar-refractivity contribution is 5.96. The number of aryl methyl sites for hydroxylation is 1. The van der Waals surface area contributed by atoms with Crippen LogP contribution in [0.4, 0.5) is 5.69 Å². The molecule has 34 heavy (non-hydrogen) atoms. The normalized spacial score (nSPS) is 11.6. The van der Waals surface area contributed by atoms with E-state index >= 15 is 0 Å². The summed E-state index contributed by atoms with van der Waals surface area (Å²) in [5.74, 6) is 0.656. The summed E-state index contributed by atoms with van der Waals surface area (Å²) in [6.07, 6.45) is 9.23. The number of benzene rings is 1. The van der Waals surface area contributed by atoms with Crippen molar-refractivity contribution in [3.8, 4) is 28.3 Å². The van der Waals surface area contributed by atoms with Crippen LogP contribution in [0.3, 0.4) is 0 Å². The number of hydrogen-bond acceptors (Lipinski definition) is 6. The maximum atomic E-state index is 4.74. The van der Waals surface area contributed by atoms with Crippen molar-refractivity contribution in [2.75, 3.05) is 5.32 Å². The molecule has 5 aromatic heterocycles. The lowest BCUT2D eigenvalue weighted by Crippen LogP contribution is -2.09. The van der Waals surface area contributed by atoms with Crippen LogP contribution < -0.4 is 5.32 Å². The number of imidazole rings is 2. The lowest BCUT2D eigenvalue weighted by atomic mass is 10.0. The largest absolute Gasteiger partial charge is 0.382 e. The van der Waals surface area contributed by atoms with Crippen molar-refractivity contribution in [2.24, 2.45) is 0 Å². The van der Waals surface area contributed by atoms with Gasteiger partial charge in [0.25, 0.3) is 0 Å². The Labute approximate surface area is 195 Å². The molecule has 1 aromatic carbocycles. The molecule has 5 heterocycles. The summed E-state index contributed by atoms with van der Waals surface area (Å²) in [4.78, 5) is 21.4. The molecule has 6 aromatic rings. The molecule has 0 unspecified atom stereocenters. The molecule has 0 amide bonds. The van der Waals surface area contributed by atoms with Crippen LogP contribution in [0.2, 0.25) is 0 Å². The van der Waals surface area contributed by atoms with Gasteiger partial charge in [0.05, 0.1) is 28.9 Å². The van der Waals surface area contributed by atoms with Gasteiger partial charge in [-0.1, -0.05) is 6.07 Å². The van der Waals surface area contributed by atoms with Crippen LogP contribution in [0.1, 0.15) is 19.5 Å². The highest BCUT2D eigenvalue weighted by atomic mass is 15.1. The first-order valence-electron chi connectivity index (χ1n) is 11.1. The number of aromatic nitrogens is 8. The number of rotatable bonds is 5. The van der Waals surface area contributed by atoms with Crippen molar-refractivity contribution >= 4 is 27.8 Å². The van der Waals surface area contributed by atoms with Crippen LogP contribution in [0.25, 0.3) is 50.4 Å². The van der Waals surface area contributed by atoms with Crippen LogP contribution in [0, 0.1) is 6.92 Å². The Balaban J connectivity index is 1.45.